The van der Waals surface area contributed by atoms with Crippen LogP contribution >= 0.6 is 0 Å². The molecule has 6 nitrogen and oxygen atoms in total. The highest BCUT2D eigenvalue weighted by Gasteiger charge is 2.19. The van der Waals surface area contributed by atoms with E-state index in [1.54, 1.807) is 7.11 Å². The van der Waals surface area contributed by atoms with E-state index in [0.717, 1.165) is 75.7 Å². The summed E-state index contributed by atoms with van der Waals surface area (Å²) in [7, 11) is 1.74. The lowest BCUT2D eigenvalue weighted by atomic mass is 10.2. The Kier molecular flexibility index (Phi) is 7.49. The average molecular weight is 471 g/mol. The molecule has 2 heterocycles. The van der Waals surface area contributed by atoms with Crippen LogP contribution in [-0.2, 0) is 6.54 Å². The molecule has 0 spiro atoms. The van der Waals surface area contributed by atoms with Crippen LogP contribution in [-0.4, -0.2) is 61.1 Å². The number of benzene rings is 3. The van der Waals surface area contributed by atoms with Gasteiger partial charge in [0.05, 0.1) is 37.7 Å². The smallest absolute Gasteiger partial charge is 0.142 e. The number of para-hydroxylation sites is 3. The zero-order chi connectivity index (χ0) is 23.9. The summed E-state index contributed by atoms with van der Waals surface area (Å²) in [5.41, 5.74) is 3.58. The Hall–Kier alpha value is -3.51. The molecule has 0 atom stereocenters. The summed E-state index contributed by atoms with van der Waals surface area (Å²) in [5.74, 6) is 1.89. The van der Waals surface area contributed by atoms with Gasteiger partial charge in [-0.2, -0.15) is 5.10 Å². The topological polar surface area (TPSA) is 42.8 Å². The van der Waals surface area contributed by atoms with E-state index in [0.29, 0.717) is 0 Å². The number of anilines is 1. The minimum Gasteiger partial charge on any atom is -0.495 e. The molecule has 3 aromatic carbocycles. The molecule has 1 saturated heterocycles. The first-order chi connectivity index (χ1) is 17.3. The second-order valence-corrected chi connectivity index (χ2v) is 9.06. The van der Waals surface area contributed by atoms with Crippen LogP contribution in [0.3, 0.4) is 0 Å². The Morgan fingerprint density at radius 2 is 1.60 bits per heavy atom. The van der Waals surface area contributed by atoms with Crippen molar-refractivity contribution >= 4 is 16.6 Å². The fourth-order valence-electron chi connectivity index (χ4n) is 4.75. The Bertz CT molecular complexity index is 1210. The van der Waals surface area contributed by atoms with Gasteiger partial charge >= 0.3 is 0 Å². The molecule has 5 rings (SSSR count). The van der Waals surface area contributed by atoms with Crippen LogP contribution in [0.2, 0.25) is 0 Å². The Morgan fingerprint density at radius 1 is 0.829 bits per heavy atom. The summed E-state index contributed by atoms with van der Waals surface area (Å²) >= 11 is 0. The molecule has 0 radical (unpaired) electrons. The molecule has 1 aliphatic rings. The van der Waals surface area contributed by atoms with Crippen LogP contribution in [0.1, 0.15) is 18.4 Å². The molecular weight excluding hydrogens is 436 g/mol. The monoisotopic (exact) mass is 470 g/mol. The van der Waals surface area contributed by atoms with Gasteiger partial charge in [-0.25, -0.2) is 0 Å². The molecule has 0 bridgehead atoms. The van der Waals surface area contributed by atoms with Gasteiger partial charge in [0, 0.05) is 31.6 Å². The number of ether oxygens (including phenoxy) is 2. The summed E-state index contributed by atoms with van der Waals surface area (Å²) in [5, 5.41) is 5.69. The number of fused-ring (bicyclic) bond motifs is 1. The van der Waals surface area contributed by atoms with Crippen molar-refractivity contribution in [3.63, 3.8) is 0 Å². The van der Waals surface area contributed by atoms with E-state index in [1.807, 2.05) is 29.1 Å². The third-order valence-electron chi connectivity index (χ3n) is 6.74. The zero-order valence-electron chi connectivity index (χ0n) is 20.5. The van der Waals surface area contributed by atoms with Gasteiger partial charge in [-0.3, -0.25) is 9.58 Å². The highest BCUT2D eigenvalue weighted by Crippen LogP contribution is 2.28. The molecule has 1 aliphatic heterocycles. The minimum absolute atomic E-state index is 0.754. The molecule has 6 heteroatoms. The van der Waals surface area contributed by atoms with Crippen LogP contribution in [0.15, 0.2) is 79.0 Å². The maximum Gasteiger partial charge on any atom is 0.142 e. The molecule has 1 aromatic heterocycles. The third kappa shape index (κ3) is 5.77. The summed E-state index contributed by atoms with van der Waals surface area (Å²) in [6, 6.07) is 25.0. The standard InChI is InChI=1S/C29H34N4O2/c1-34-29-11-5-4-10-28(29)32-19-17-31(18-20-32)16-6-7-21-35-26-14-12-24(13-15-26)23-33-27-9-3-2-8-25(27)22-30-33/h2-5,8-15,22H,6-7,16-21,23H2,1H3. The van der Waals surface area contributed by atoms with Crippen LogP contribution < -0.4 is 14.4 Å². The maximum absolute atomic E-state index is 5.99. The van der Waals surface area contributed by atoms with Gasteiger partial charge in [0.2, 0.25) is 0 Å². The first kappa shape index (κ1) is 23.2. The van der Waals surface area contributed by atoms with Crippen molar-refractivity contribution in [3.8, 4) is 11.5 Å². The largest absolute Gasteiger partial charge is 0.495 e. The molecule has 35 heavy (non-hydrogen) atoms. The van der Waals surface area contributed by atoms with Crippen molar-refractivity contribution < 1.29 is 9.47 Å². The molecule has 182 valence electrons. The van der Waals surface area contributed by atoms with Crippen molar-refractivity contribution in [2.45, 2.75) is 19.4 Å². The first-order valence-corrected chi connectivity index (χ1v) is 12.5. The summed E-state index contributed by atoms with van der Waals surface area (Å²) in [4.78, 5) is 4.98. The molecule has 1 fully saturated rings. The predicted octanol–water partition coefficient (Wildman–Crippen LogP) is 5.07. The van der Waals surface area contributed by atoms with E-state index in [9.17, 15) is 0 Å². The molecular formula is C29H34N4O2. The van der Waals surface area contributed by atoms with E-state index in [-0.39, 0.29) is 0 Å². The van der Waals surface area contributed by atoms with Crippen molar-refractivity contribution in [3.05, 3.63) is 84.6 Å². The van der Waals surface area contributed by atoms with Gasteiger partial charge < -0.3 is 14.4 Å². The van der Waals surface area contributed by atoms with Crippen LogP contribution in [0.4, 0.5) is 5.69 Å². The molecule has 0 unspecified atom stereocenters. The second-order valence-electron chi connectivity index (χ2n) is 9.06. The lowest BCUT2D eigenvalue weighted by Gasteiger charge is -2.36. The normalized spacial score (nSPS) is 14.4. The highest BCUT2D eigenvalue weighted by molar-refractivity contribution is 5.78. The number of hydrogen-bond donors (Lipinski definition) is 0. The van der Waals surface area contributed by atoms with E-state index < -0.39 is 0 Å². The lowest BCUT2D eigenvalue weighted by molar-refractivity contribution is 0.238. The van der Waals surface area contributed by atoms with Crippen molar-refractivity contribution in [1.82, 2.24) is 14.7 Å². The molecule has 4 aromatic rings. The maximum atomic E-state index is 5.99. The quantitative estimate of drug-likeness (QED) is 0.303. The van der Waals surface area contributed by atoms with Crippen LogP contribution in [0.25, 0.3) is 10.9 Å². The zero-order valence-corrected chi connectivity index (χ0v) is 20.5. The fraction of sp³-hybridized carbons (Fsp3) is 0.345. The van der Waals surface area contributed by atoms with Gasteiger partial charge in [0.1, 0.15) is 11.5 Å². The highest BCUT2D eigenvalue weighted by atomic mass is 16.5. The van der Waals surface area contributed by atoms with Crippen molar-refractivity contribution in [1.29, 1.82) is 0 Å². The number of methoxy groups -OCH3 is 1. The van der Waals surface area contributed by atoms with Crippen LogP contribution in [0, 0.1) is 0 Å². The Morgan fingerprint density at radius 3 is 2.43 bits per heavy atom. The summed E-state index contributed by atoms with van der Waals surface area (Å²) in [6.07, 6.45) is 4.14. The van der Waals surface area contributed by atoms with Crippen molar-refractivity contribution in [2.24, 2.45) is 0 Å². The molecule has 0 aliphatic carbocycles. The summed E-state index contributed by atoms with van der Waals surface area (Å²) in [6.45, 7) is 6.90. The predicted molar refractivity (Wildman–Crippen MR) is 142 cm³/mol. The lowest BCUT2D eigenvalue weighted by Crippen LogP contribution is -2.46. The number of piperazine rings is 1. The minimum atomic E-state index is 0.754. The van der Waals surface area contributed by atoms with E-state index in [4.69, 9.17) is 9.47 Å². The first-order valence-electron chi connectivity index (χ1n) is 12.5. The Balaban J connectivity index is 1.00. The van der Waals surface area contributed by atoms with E-state index >= 15 is 0 Å². The number of rotatable bonds is 10. The van der Waals surface area contributed by atoms with E-state index in [2.05, 4.69) is 69.5 Å². The van der Waals surface area contributed by atoms with Gasteiger partial charge in [0.15, 0.2) is 0 Å². The number of nitrogens with zero attached hydrogens (tertiary/aromatic N) is 4. The fourth-order valence-corrected chi connectivity index (χ4v) is 4.75. The van der Waals surface area contributed by atoms with Gasteiger partial charge in [-0.05, 0) is 55.3 Å². The number of unbranched alkanes of at least 4 members (excludes halogenated alkanes) is 1. The van der Waals surface area contributed by atoms with Gasteiger partial charge in [0.25, 0.3) is 0 Å². The van der Waals surface area contributed by atoms with E-state index in [1.165, 1.54) is 16.6 Å². The summed E-state index contributed by atoms with van der Waals surface area (Å²) < 4.78 is 13.6. The van der Waals surface area contributed by atoms with Gasteiger partial charge in [-0.15, -0.1) is 0 Å². The average Bonchev–Trinajstić information content (AvgIpc) is 3.32. The molecule has 0 N–H and O–H groups in total. The third-order valence-corrected chi connectivity index (χ3v) is 6.74. The second kappa shape index (κ2) is 11.3. The SMILES string of the molecule is COc1ccccc1N1CCN(CCCCOc2ccc(Cn3ncc4ccccc43)cc2)CC1. The Labute approximate surface area is 207 Å². The molecule has 0 saturated carbocycles. The van der Waals surface area contributed by atoms with Gasteiger partial charge in [-0.1, -0.05) is 42.5 Å². The van der Waals surface area contributed by atoms with Crippen molar-refractivity contribution in [2.75, 3.05) is 51.3 Å². The number of aromatic nitrogens is 2. The molecule has 0 amide bonds. The van der Waals surface area contributed by atoms with Crippen LogP contribution in [0.5, 0.6) is 11.5 Å². The number of hydrogen-bond acceptors (Lipinski definition) is 5.